The van der Waals surface area contributed by atoms with E-state index in [1.54, 1.807) is 0 Å². The largest absolute Gasteiger partial charge is 0.396 e. The zero-order chi connectivity index (χ0) is 10.9. The molecule has 1 N–H and O–H groups in total. The molecule has 3 heteroatoms. The van der Waals surface area contributed by atoms with E-state index >= 15 is 0 Å². The smallest absolute Gasteiger partial charge is 0.0701 e. The third kappa shape index (κ3) is 6.13. The number of unbranched alkanes of at least 4 members (excludes halogenated alkanes) is 2. The molecule has 1 aliphatic rings. The minimum atomic E-state index is 0.329. The van der Waals surface area contributed by atoms with Crippen LogP contribution in [-0.2, 0) is 4.74 Å². The number of hydrogen-bond donors (Lipinski definition) is 1. The van der Waals surface area contributed by atoms with Crippen molar-refractivity contribution in [2.75, 3.05) is 33.4 Å². The molecule has 0 aromatic carbocycles. The van der Waals surface area contributed by atoms with Gasteiger partial charge in [0.1, 0.15) is 0 Å². The maximum atomic E-state index is 8.66. The fourth-order valence-corrected chi connectivity index (χ4v) is 2.06. The second-order valence-electron chi connectivity index (χ2n) is 4.54. The molecule has 0 bridgehead atoms. The maximum absolute atomic E-state index is 8.66. The van der Waals surface area contributed by atoms with Gasteiger partial charge in [0, 0.05) is 19.8 Å². The Morgan fingerprint density at radius 1 is 1.27 bits per heavy atom. The minimum Gasteiger partial charge on any atom is -0.396 e. The first-order chi connectivity index (χ1) is 7.33. The van der Waals surface area contributed by atoms with Gasteiger partial charge in [0.05, 0.1) is 6.10 Å². The molecule has 3 nitrogen and oxygen atoms in total. The van der Waals surface area contributed by atoms with Gasteiger partial charge in [-0.05, 0) is 52.1 Å². The number of aliphatic hydroxyl groups is 1. The van der Waals surface area contributed by atoms with Gasteiger partial charge >= 0.3 is 0 Å². The summed E-state index contributed by atoms with van der Waals surface area (Å²) >= 11 is 0. The molecule has 1 atom stereocenters. The van der Waals surface area contributed by atoms with Crippen molar-refractivity contribution in [3.8, 4) is 0 Å². The maximum Gasteiger partial charge on any atom is 0.0701 e. The summed E-state index contributed by atoms with van der Waals surface area (Å²) in [7, 11) is 2.16. The molecule has 0 aromatic rings. The number of rotatable bonds is 7. The van der Waals surface area contributed by atoms with Crippen molar-refractivity contribution < 1.29 is 9.84 Å². The lowest BCUT2D eigenvalue weighted by molar-refractivity contribution is -0.00164. The summed E-state index contributed by atoms with van der Waals surface area (Å²) in [6.45, 7) is 3.47. The molecule has 0 spiro atoms. The molecule has 15 heavy (non-hydrogen) atoms. The Morgan fingerprint density at radius 2 is 2.13 bits per heavy atom. The van der Waals surface area contributed by atoms with Crippen LogP contribution in [0.25, 0.3) is 0 Å². The fourth-order valence-electron chi connectivity index (χ4n) is 2.06. The van der Waals surface area contributed by atoms with Crippen LogP contribution in [0, 0.1) is 0 Å². The van der Waals surface area contributed by atoms with Gasteiger partial charge < -0.3 is 14.7 Å². The van der Waals surface area contributed by atoms with E-state index in [-0.39, 0.29) is 0 Å². The summed E-state index contributed by atoms with van der Waals surface area (Å²) in [6, 6.07) is 0. The van der Waals surface area contributed by atoms with Crippen molar-refractivity contribution in [3.05, 3.63) is 0 Å². The highest BCUT2D eigenvalue weighted by Crippen LogP contribution is 2.13. The summed E-state index contributed by atoms with van der Waals surface area (Å²) in [5, 5.41) is 8.66. The topological polar surface area (TPSA) is 32.7 Å². The Morgan fingerprint density at radius 3 is 2.80 bits per heavy atom. The van der Waals surface area contributed by atoms with Crippen molar-refractivity contribution in [1.82, 2.24) is 4.90 Å². The lowest BCUT2D eigenvalue weighted by Crippen LogP contribution is -2.33. The highest BCUT2D eigenvalue weighted by atomic mass is 16.5. The Kier molecular flexibility index (Phi) is 6.98. The summed E-state index contributed by atoms with van der Waals surface area (Å²) in [4.78, 5) is 2.35. The zero-order valence-electron chi connectivity index (χ0n) is 9.95. The van der Waals surface area contributed by atoms with E-state index in [0.717, 1.165) is 32.5 Å². The predicted octanol–water partition coefficient (Wildman–Crippen LogP) is 1.65. The van der Waals surface area contributed by atoms with Crippen LogP contribution >= 0.6 is 0 Å². The second-order valence-corrected chi connectivity index (χ2v) is 4.54. The van der Waals surface area contributed by atoms with Crippen LogP contribution in [0.4, 0.5) is 0 Å². The highest BCUT2D eigenvalue weighted by molar-refractivity contribution is 4.67. The molecule has 1 fully saturated rings. The fraction of sp³-hybridized carbons (Fsp3) is 1.00. The molecular weight excluding hydrogens is 190 g/mol. The number of aliphatic hydroxyl groups excluding tert-OH is 1. The molecule has 1 unspecified atom stereocenters. The van der Waals surface area contributed by atoms with Crippen molar-refractivity contribution in [3.63, 3.8) is 0 Å². The number of nitrogens with zero attached hydrogens (tertiary/aromatic N) is 1. The molecule has 0 radical (unpaired) electrons. The zero-order valence-corrected chi connectivity index (χ0v) is 9.95. The van der Waals surface area contributed by atoms with E-state index in [2.05, 4.69) is 11.9 Å². The Hall–Kier alpha value is -0.120. The van der Waals surface area contributed by atoms with Crippen molar-refractivity contribution >= 4 is 0 Å². The van der Waals surface area contributed by atoms with Crippen LogP contribution in [-0.4, -0.2) is 49.5 Å². The van der Waals surface area contributed by atoms with E-state index in [1.165, 1.54) is 25.7 Å². The van der Waals surface area contributed by atoms with Gasteiger partial charge in [0.2, 0.25) is 0 Å². The molecule has 1 rings (SSSR count). The van der Waals surface area contributed by atoms with E-state index in [9.17, 15) is 0 Å². The molecule has 0 aromatic heterocycles. The molecule has 0 amide bonds. The summed E-state index contributed by atoms with van der Waals surface area (Å²) in [5.74, 6) is 0. The van der Waals surface area contributed by atoms with E-state index in [1.807, 2.05) is 0 Å². The quantitative estimate of drug-likeness (QED) is 0.655. The minimum absolute atomic E-state index is 0.329. The first-order valence-corrected chi connectivity index (χ1v) is 6.24. The average Bonchev–Trinajstić information content (AvgIpc) is 2.26. The van der Waals surface area contributed by atoms with Gasteiger partial charge in [0.15, 0.2) is 0 Å². The van der Waals surface area contributed by atoms with E-state index in [4.69, 9.17) is 9.84 Å². The first-order valence-electron chi connectivity index (χ1n) is 6.24. The van der Waals surface area contributed by atoms with Crippen molar-refractivity contribution in [2.45, 2.75) is 44.6 Å². The van der Waals surface area contributed by atoms with Gasteiger partial charge in [-0.3, -0.25) is 0 Å². The molecule has 90 valence electrons. The van der Waals surface area contributed by atoms with Crippen LogP contribution in [0.5, 0.6) is 0 Å². The Balaban J connectivity index is 1.98. The predicted molar refractivity (Wildman–Crippen MR) is 62.0 cm³/mol. The highest BCUT2D eigenvalue weighted by Gasteiger charge is 2.15. The third-order valence-electron chi connectivity index (χ3n) is 2.99. The molecular formula is C12H25NO2. The van der Waals surface area contributed by atoms with Crippen LogP contribution < -0.4 is 0 Å². The van der Waals surface area contributed by atoms with Crippen LogP contribution in [0.3, 0.4) is 0 Å². The molecule has 1 heterocycles. The van der Waals surface area contributed by atoms with Gasteiger partial charge in [-0.2, -0.15) is 0 Å². The summed E-state index contributed by atoms with van der Waals surface area (Å²) in [6.07, 6.45) is 7.49. The van der Waals surface area contributed by atoms with Crippen molar-refractivity contribution in [1.29, 1.82) is 0 Å². The first kappa shape index (κ1) is 12.9. The van der Waals surface area contributed by atoms with E-state index in [0.29, 0.717) is 12.7 Å². The van der Waals surface area contributed by atoms with E-state index < -0.39 is 0 Å². The Bertz CT molecular complexity index is 147. The molecule has 1 saturated heterocycles. The monoisotopic (exact) mass is 215 g/mol. The van der Waals surface area contributed by atoms with Gasteiger partial charge in [0.25, 0.3) is 0 Å². The van der Waals surface area contributed by atoms with Gasteiger partial charge in [-0.25, -0.2) is 0 Å². The Labute approximate surface area is 93.4 Å². The average molecular weight is 215 g/mol. The summed E-state index contributed by atoms with van der Waals surface area (Å²) < 4.78 is 5.69. The molecule has 0 saturated carbocycles. The van der Waals surface area contributed by atoms with Crippen LogP contribution in [0.15, 0.2) is 0 Å². The number of likely N-dealkylation sites (N-methyl/N-ethyl adjacent to an activating group) is 1. The van der Waals surface area contributed by atoms with Crippen molar-refractivity contribution in [2.24, 2.45) is 0 Å². The van der Waals surface area contributed by atoms with Gasteiger partial charge in [-0.15, -0.1) is 0 Å². The normalized spacial score (nSPS) is 22.2. The van der Waals surface area contributed by atoms with Crippen LogP contribution in [0.2, 0.25) is 0 Å². The number of ether oxygens (including phenoxy) is 1. The van der Waals surface area contributed by atoms with Gasteiger partial charge in [-0.1, -0.05) is 0 Å². The third-order valence-corrected chi connectivity index (χ3v) is 2.99. The summed E-state index contributed by atoms with van der Waals surface area (Å²) in [5.41, 5.74) is 0. The molecule has 1 aliphatic heterocycles. The standard InChI is InChI=1S/C12H25NO2/c1-13(8-4-2-5-9-14)11-12-7-3-6-10-15-12/h12,14H,2-11H2,1H3. The lowest BCUT2D eigenvalue weighted by Gasteiger charge is -2.27. The second kappa shape index (κ2) is 8.08. The molecule has 0 aliphatic carbocycles. The lowest BCUT2D eigenvalue weighted by atomic mass is 10.1. The van der Waals surface area contributed by atoms with Crippen LogP contribution in [0.1, 0.15) is 38.5 Å². The number of hydrogen-bond acceptors (Lipinski definition) is 3. The SMILES string of the molecule is CN(CCCCCO)CC1CCCCO1.